The highest BCUT2D eigenvalue weighted by Gasteiger charge is 2.35. The number of carbonyl (C=O) groups excluding carboxylic acids is 1. The summed E-state index contributed by atoms with van der Waals surface area (Å²) < 4.78 is 0. The average molecular weight is 350 g/mol. The minimum absolute atomic E-state index is 0.128. The maximum Gasteiger partial charge on any atom is 0.331 e. The van der Waals surface area contributed by atoms with Crippen molar-refractivity contribution in [2.75, 3.05) is 6.54 Å². The molecule has 1 aromatic carbocycles. The van der Waals surface area contributed by atoms with Crippen molar-refractivity contribution in [2.45, 2.75) is 25.3 Å². The lowest BCUT2D eigenvalue weighted by Gasteiger charge is -2.34. The Hall–Kier alpha value is -1.85. The lowest BCUT2D eigenvalue weighted by Crippen LogP contribution is -2.43. The van der Waals surface area contributed by atoms with E-state index in [4.69, 9.17) is 11.6 Å². The quantitative estimate of drug-likeness (QED) is 0.918. The van der Waals surface area contributed by atoms with Crippen LogP contribution in [0.4, 0.5) is 0 Å². The third-order valence-corrected chi connectivity index (χ3v) is 5.39. The summed E-state index contributed by atoms with van der Waals surface area (Å²) in [7, 11) is 0. The molecule has 0 fully saturated rings. The molecule has 0 spiro atoms. The second-order valence-electron chi connectivity index (χ2n) is 5.51. The highest BCUT2D eigenvalue weighted by molar-refractivity contribution is 7.10. The molecular formula is C17H16ClNO3S. The van der Waals surface area contributed by atoms with E-state index in [9.17, 15) is 14.7 Å². The average Bonchev–Trinajstić information content (AvgIpc) is 2.96. The fraction of sp³-hybridized carbons (Fsp3) is 0.294. The van der Waals surface area contributed by atoms with E-state index in [-0.39, 0.29) is 5.91 Å². The van der Waals surface area contributed by atoms with Crippen LogP contribution >= 0.6 is 22.9 Å². The maximum absolute atomic E-state index is 12.5. The summed E-state index contributed by atoms with van der Waals surface area (Å²) >= 11 is 7.40. The van der Waals surface area contributed by atoms with Crippen LogP contribution in [0.3, 0.4) is 0 Å². The Labute approximate surface area is 143 Å². The fourth-order valence-electron chi connectivity index (χ4n) is 2.96. The summed E-state index contributed by atoms with van der Waals surface area (Å²) in [4.78, 5) is 26.8. The first-order valence-corrected chi connectivity index (χ1v) is 8.65. The molecule has 23 heavy (non-hydrogen) atoms. The van der Waals surface area contributed by atoms with Crippen molar-refractivity contribution < 1.29 is 14.7 Å². The number of amides is 1. The second-order valence-corrected chi connectivity index (χ2v) is 6.94. The molecule has 6 heteroatoms. The van der Waals surface area contributed by atoms with E-state index in [0.29, 0.717) is 30.8 Å². The van der Waals surface area contributed by atoms with Crippen LogP contribution in [-0.4, -0.2) is 28.4 Å². The molecule has 0 aliphatic carbocycles. The van der Waals surface area contributed by atoms with Crippen molar-refractivity contribution in [3.05, 3.63) is 56.7 Å². The van der Waals surface area contributed by atoms with Gasteiger partial charge in [-0.3, -0.25) is 4.79 Å². The zero-order valence-electron chi connectivity index (χ0n) is 12.4. The Morgan fingerprint density at radius 1 is 1.35 bits per heavy atom. The highest BCUT2D eigenvalue weighted by Crippen LogP contribution is 2.31. The van der Waals surface area contributed by atoms with Crippen LogP contribution in [0.2, 0.25) is 5.02 Å². The van der Waals surface area contributed by atoms with Gasteiger partial charge in [0.05, 0.1) is 5.02 Å². The van der Waals surface area contributed by atoms with Gasteiger partial charge >= 0.3 is 5.97 Å². The highest BCUT2D eigenvalue weighted by atomic mass is 35.5. The van der Waals surface area contributed by atoms with Crippen LogP contribution in [0.15, 0.2) is 35.7 Å². The van der Waals surface area contributed by atoms with E-state index < -0.39 is 12.0 Å². The third kappa shape index (κ3) is 3.41. The molecule has 1 atom stereocenters. The van der Waals surface area contributed by atoms with Crippen molar-refractivity contribution in [1.82, 2.24) is 4.90 Å². The van der Waals surface area contributed by atoms with Crippen LogP contribution in [0.1, 0.15) is 28.5 Å². The SMILES string of the molecule is O=C(O)C1c2ccccc2CCN1C(=O)CCc1cc(Cl)cs1. The number of carboxylic acids is 1. The molecule has 1 N–H and O–H groups in total. The van der Waals surface area contributed by atoms with Crippen LogP contribution < -0.4 is 0 Å². The molecule has 0 saturated heterocycles. The van der Waals surface area contributed by atoms with Crippen molar-refractivity contribution in [1.29, 1.82) is 0 Å². The number of carboxylic acid groups (broad SMARTS) is 1. The van der Waals surface area contributed by atoms with E-state index in [2.05, 4.69) is 0 Å². The standard InChI is InChI=1S/C17H16ClNO3S/c18-12-9-13(23-10-12)5-6-15(20)19-8-7-11-3-1-2-4-14(11)16(19)17(21)22/h1-4,9-10,16H,5-8H2,(H,21,22). The van der Waals surface area contributed by atoms with Gasteiger partial charge in [-0.05, 0) is 30.0 Å². The summed E-state index contributed by atoms with van der Waals surface area (Å²) in [5.41, 5.74) is 1.73. The Kier molecular flexibility index (Phi) is 4.68. The molecule has 1 aromatic heterocycles. The van der Waals surface area contributed by atoms with E-state index in [1.807, 2.05) is 29.6 Å². The monoisotopic (exact) mass is 349 g/mol. The van der Waals surface area contributed by atoms with Gasteiger partial charge in [0.15, 0.2) is 6.04 Å². The Morgan fingerprint density at radius 3 is 2.83 bits per heavy atom. The zero-order valence-corrected chi connectivity index (χ0v) is 13.9. The number of halogens is 1. The summed E-state index contributed by atoms with van der Waals surface area (Å²) in [5.74, 6) is -1.11. The predicted octanol–water partition coefficient (Wildman–Crippen LogP) is 3.54. The molecule has 1 aliphatic rings. The number of thiophene rings is 1. The molecule has 0 radical (unpaired) electrons. The molecular weight excluding hydrogens is 334 g/mol. The topological polar surface area (TPSA) is 57.6 Å². The minimum Gasteiger partial charge on any atom is -0.479 e. The first-order valence-electron chi connectivity index (χ1n) is 7.39. The minimum atomic E-state index is -0.982. The molecule has 1 unspecified atom stereocenters. The molecule has 1 aliphatic heterocycles. The van der Waals surface area contributed by atoms with E-state index in [0.717, 1.165) is 16.0 Å². The van der Waals surface area contributed by atoms with E-state index >= 15 is 0 Å². The van der Waals surface area contributed by atoms with Crippen molar-refractivity contribution in [3.63, 3.8) is 0 Å². The van der Waals surface area contributed by atoms with Crippen LogP contribution in [-0.2, 0) is 22.4 Å². The van der Waals surface area contributed by atoms with Crippen LogP contribution in [0, 0.1) is 0 Å². The molecule has 0 saturated carbocycles. The van der Waals surface area contributed by atoms with Gasteiger partial charge in [0.1, 0.15) is 0 Å². The molecule has 1 amide bonds. The Morgan fingerprint density at radius 2 is 2.13 bits per heavy atom. The van der Waals surface area contributed by atoms with Crippen LogP contribution in [0.5, 0.6) is 0 Å². The number of fused-ring (bicyclic) bond motifs is 1. The van der Waals surface area contributed by atoms with Gasteiger partial charge in [0.25, 0.3) is 0 Å². The van der Waals surface area contributed by atoms with Gasteiger partial charge in [-0.2, -0.15) is 0 Å². The number of carbonyl (C=O) groups is 2. The van der Waals surface area contributed by atoms with E-state index in [1.54, 1.807) is 6.07 Å². The summed E-state index contributed by atoms with van der Waals surface area (Å²) in [6.07, 6.45) is 1.57. The fourth-order valence-corrected chi connectivity index (χ4v) is 4.04. The molecule has 4 nitrogen and oxygen atoms in total. The maximum atomic E-state index is 12.5. The van der Waals surface area contributed by atoms with Gasteiger partial charge in [0.2, 0.25) is 5.91 Å². The Balaban J connectivity index is 1.76. The smallest absolute Gasteiger partial charge is 0.331 e. The van der Waals surface area contributed by atoms with Crippen molar-refractivity contribution in [2.24, 2.45) is 0 Å². The van der Waals surface area contributed by atoms with Crippen molar-refractivity contribution in [3.8, 4) is 0 Å². The predicted molar refractivity (Wildman–Crippen MR) is 89.9 cm³/mol. The summed E-state index contributed by atoms with van der Waals surface area (Å²) in [5, 5.41) is 12.1. The number of nitrogens with zero attached hydrogens (tertiary/aromatic N) is 1. The summed E-state index contributed by atoms with van der Waals surface area (Å²) in [6, 6.07) is 8.40. The number of hydrogen-bond donors (Lipinski definition) is 1. The van der Waals surface area contributed by atoms with Gasteiger partial charge in [-0.1, -0.05) is 35.9 Å². The van der Waals surface area contributed by atoms with Crippen molar-refractivity contribution >= 4 is 34.8 Å². The van der Waals surface area contributed by atoms with Gasteiger partial charge in [-0.15, -0.1) is 11.3 Å². The first-order chi connectivity index (χ1) is 11.1. The number of benzene rings is 1. The molecule has 2 aromatic rings. The largest absolute Gasteiger partial charge is 0.479 e. The van der Waals surface area contributed by atoms with Crippen LogP contribution in [0.25, 0.3) is 0 Å². The molecule has 120 valence electrons. The number of rotatable bonds is 4. The molecule has 3 rings (SSSR count). The lowest BCUT2D eigenvalue weighted by atomic mass is 9.92. The lowest BCUT2D eigenvalue weighted by molar-refractivity contribution is -0.151. The molecule has 2 heterocycles. The van der Waals surface area contributed by atoms with Gasteiger partial charge < -0.3 is 10.0 Å². The normalized spacial score (nSPS) is 16.9. The molecule has 0 bridgehead atoms. The van der Waals surface area contributed by atoms with Gasteiger partial charge in [-0.25, -0.2) is 4.79 Å². The number of hydrogen-bond acceptors (Lipinski definition) is 3. The van der Waals surface area contributed by atoms with E-state index in [1.165, 1.54) is 16.2 Å². The number of aliphatic carboxylic acids is 1. The Bertz CT molecular complexity index is 743. The first kappa shape index (κ1) is 16.0. The third-order valence-electron chi connectivity index (χ3n) is 4.04. The summed E-state index contributed by atoms with van der Waals surface area (Å²) in [6.45, 7) is 0.442. The second kappa shape index (κ2) is 6.72. The van der Waals surface area contributed by atoms with Gasteiger partial charge in [0, 0.05) is 23.2 Å². The number of aryl methyl sites for hydroxylation is 1. The zero-order chi connectivity index (χ0) is 16.4.